The molecule has 0 aliphatic rings. The van der Waals surface area contributed by atoms with Gasteiger partial charge in [0.2, 0.25) is 5.91 Å². The summed E-state index contributed by atoms with van der Waals surface area (Å²) in [6, 6.07) is 0. The fraction of sp³-hybridized carbons (Fsp3) is 0.667. The van der Waals surface area contributed by atoms with Crippen LogP contribution in [0.25, 0.3) is 0 Å². The molecule has 0 rings (SSSR count). The van der Waals surface area contributed by atoms with Crippen LogP contribution in [0.1, 0.15) is 6.42 Å². The summed E-state index contributed by atoms with van der Waals surface area (Å²) in [4.78, 5) is 26.7. The molecule has 10 heavy (non-hydrogen) atoms. The summed E-state index contributed by atoms with van der Waals surface area (Å²) in [6.07, 6.45) is -0.496. The Morgan fingerprint density at radius 1 is 1.60 bits per heavy atom. The topological polar surface area (TPSA) is 127 Å². The molecule has 0 unspecified atom stereocenters. The maximum Gasteiger partial charge on any atom is 0.342 e. The van der Waals surface area contributed by atoms with E-state index < -0.39 is 25.7 Å². The predicted molar refractivity (Wildman–Crippen MR) is 33.8 cm³/mol. The van der Waals surface area contributed by atoms with Crippen molar-refractivity contribution in [3.05, 3.63) is 0 Å². The highest BCUT2D eigenvalue weighted by molar-refractivity contribution is 7.52. The maximum atomic E-state index is 10.2. The van der Waals surface area contributed by atoms with E-state index in [2.05, 4.69) is 5.73 Å². The van der Waals surface area contributed by atoms with Crippen molar-refractivity contribution in [3.8, 4) is 0 Å². The van der Waals surface area contributed by atoms with Gasteiger partial charge >= 0.3 is 7.60 Å². The van der Waals surface area contributed by atoms with Gasteiger partial charge in [-0.25, -0.2) is 0 Å². The molecule has 60 valence electrons. The highest BCUT2D eigenvalue weighted by Crippen LogP contribution is 2.39. The molecule has 1 atom stereocenters. The van der Waals surface area contributed by atoms with Crippen LogP contribution in [0.5, 0.6) is 0 Å². The molecule has 0 aromatic heterocycles. The average molecular weight is 168 g/mol. The largest absolute Gasteiger partial charge is 0.370 e. The first-order valence-electron chi connectivity index (χ1n) is 2.43. The number of carbonyl (C=O) groups is 1. The Kier molecular flexibility index (Phi) is 2.98. The van der Waals surface area contributed by atoms with Gasteiger partial charge in [-0.1, -0.05) is 0 Å². The third-order valence-electron chi connectivity index (χ3n) is 0.842. The molecule has 6 nitrogen and oxygen atoms in total. The first-order valence-corrected chi connectivity index (χ1v) is 4.11. The maximum absolute atomic E-state index is 10.2. The van der Waals surface area contributed by atoms with Crippen molar-refractivity contribution in [2.24, 2.45) is 11.5 Å². The van der Waals surface area contributed by atoms with Crippen LogP contribution in [0.15, 0.2) is 0 Å². The van der Waals surface area contributed by atoms with Crippen molar-refractivity contribution in [1.29, 1.82) is 0 Å². The number of nitrogens with two attached hydrogens (primary N) is 2. The van der Waals surface area contributed by atoms with Crippen LogP contribution in [-0.4, -0.2) is 21.5 Å². The molecule has 0 saturated heterocycles. The van der Waals surface area contributed by atoms with Crippen molar-refractivity contribution in [3.63, 3.8) is 0 Å². The normalized spacial score (nSPS) is 14.7. The van der Waals surface area contributed by atoms with Gasteiger partial charge in [0.1, 0.15) is 5.78 Å². The number of carbonyl (C=O) groups excluding carboxylic acids is 1. The molecule has 0 spiro atoms. The van der Waals surface area contributed by atoms with Gasteiger partial charge < -0.3 is 21.3 Å². The molecule has 6 N–H and O–H groups in total. The standard InChI is InChI=1S/C3H9N2O4P/c4-2(6)1-3(5)10(7,8)9/h3H,1,5H2,(H2,4,6)(H2,7,8,9)/t3-/m1/s1. The Hall–Kier alpha value is -0.420. The van der Waals surface area contributed by atoms with E-state index in [1.54, 1.807) is 0 Å². The minimum Gasteiger partial charge on any atom is -0.370 e. The monoisotopic (exact) mass is 168 g/mol. The summed E-state index contributed by atoms with van der Waals surface area (Å²) in [5, 5.41) is 0. The fourth-order valence-corrected chi connectivity index (χ4v) is 0.743. The third kappa shape index (κ3) is 3.58. The molecule has 0 radical (unpaired) electrons. The van der Waals surface area contributed by atoms with Gasteiger partial charge in [-0.15, -0.1) is 0 Å². The smallest absolute Gasteiger partial charge is 0.342 e. The first-order chi connectivity index (χ1) is 4.34. The van der Waals surface area contributed by atoms with Gasteiger partial charge in [0.05, 0.1) is 6.42 Å². The lowest BCUT2D eigenvalue weighted by Crippen LogP contribution is -2.27. The van der Waals surface area contributed by atoms with E-state index in [-0.39, 0.29) is 0 Å². The molecule has 0 aromatic carbocycles. The number of primary amides is 1. The van der Waals surface area contributed by atoms with Gasteiger partial charge in [0, 0.05) is 0 Å². The molecule has 7 heteroatoms. The molecule has 0 heterocycles. The zero-order valence-corrected chi connectivity index (χ0v) is 5.99. The van der Waals surface area contributed by atoms with Crippen LogP contribution in [0.3, 0.4) is 0 Å². The summed E-state index contributed by atoms with van der Waals surface area (Å²) in [5.41, 5.74) is 9.52. The minimum atomic E-state index is -4.33. The van der Waals surface area contributed by atoms with Crippen LogP contribution in [0.4, 0.5) is 0 Å². The van der Waals surface area contributed by atoms with Crippen LogP contribution < -0.4 is 11.5 Å². The fourth-order valence-electron chi connectivity index (χ4n) is 0.325. The SMILES string of the molecule is NC(=O)C[C@H](N)P(=O)(O)O. The molecule has 0 bridgehead atoms. The summed E-state index contributed by atoms with van der Waals surface area (Å²) in [5.74, 6) is -2.29. The zero-order chi connectivity index (χ0) is 8.36. The lowest BCUT2D eigenvalue weighted by atomic mass is 10.4. The van der Waals surface area contributed by atoms with E-state index in [1.807, 2.05) is 0 Å². The minimum absolute atomic E-state index is 0.496. The molecular formula is C3H9N2O4P. The number of amides is 1. The molecule has 0 saturated carbocycles. The van der Waals surface area contributed by atoms with Crippen molar-refractivity contribution in [2.45, 2.75) is 12.2 Å². The Bertz CT molecular complexity index is 175. The van der Waals surface area contributed by atoms with Crippen molar-refractivity contribution in [2.75, 3.05) is 0 Å². The molecule has 0 aliphatic carbocycles. The predicted octanol–water partition coefficient (Wildman–Crippen LogP) is -1.68. The second kappa shape index (κ2) is 3.12. The Morgan fingerprint density at radius 2 is 2.00 bits per heavy atom. The van der Waals surface area contributed by atoms with Gasteiger partial charge in [-0.05, 0) is 0 Å². The van der Waals surface area contributed by atoms with Crippen LogP contribution in [-0.2, 0) is 9.36 Å². The number of hydrogen-bond acceptors (Lipinski definition) is 3. The van der Waals surface area contributed by atoms with Crippen molar-refractivity contribution < 1.29 is 19.1 Å². The Labute approximate surface area is 57.4 Å². The van der Waals surface area contributed by atoms with E-state index >= 15 is 0 Å². The van der Waals surface area contributed by atoms with Gasteiger partial charge in [-0.3, -0.25) is 9.36 Å². The summed E-state index contributed by atoms with van der Waals surface area (Å²) in [6.45, 7) is 0. The number of rotatable bonds is 3. The molecule has 0 aliphatic heterocycles. The lowest BCUT2D eigenvalue weighted by molar-refractivity contribution is -0.118. The van der Waals surface area contributed by atoms with E-state index in [0.29, 0.717) is 0 Å². The van der Waals surface area contributed by atoms with Crippen molar-refractivity contribution in [1.82, 2.24) is 0 Å². The van der Waals surface area contributed by atoms with E-state index in [1.165, 1.54) is 0 Å². The van der Waals surface area contributed by atoms with Crippen LogP contribution in [0.2, 0.25) is 0 Å². The van der Waals surface area contributed by atoms with E-state index in [4.69, 9.17) is 15.5 Å². The summed E-state index contributed by atoms with van der Waals surface area (Å²) in [7, 11) is -4.33. The quantitative estimate of drug-likeness (QED) is 0.374. The van der Waals surface area contributed by atoms with E-state index in [0.717, 1.165) is 0 Å². The summed E-state index contributed by atoms with van der Waals surface area (Å²) < 4.78 is 10.2. The first kappa shape index (κ1) is 9.58. The highest BCUT2D eigenvalue weighted by Gasteiger charge is 2.25. The zero-order valence-electron chi connectivity index (χ0n) is 5.10. The molecular weight excluding hydrogens is 159 g/mol. The summed E-state index contributed by atoms with van der Waals surface area (Å²) >= 11 is 0. The van der Waals surface area contributed by atoms with Crippen LogP contribution >= 0.6 is 7.60 Å². The second-order valence-corrected chi connectivity index (χ2v) is 3.67. The molecule has 0 aromatic rings. The van der Waals surface area contributed by atoms with Gasteiger partial charge in [0.25, 0.3) is 0 Å². The lowest BCUT2D eigenvalue weighted by Gasteiger charge is -2.09. The number of hydrogen-bond donors (Lipinski definition) is 4. The Morgan fingerprint density at radius 3 is 2.10 bits per heavy atom. The van der Waals surface area contributed by atoms with Gasteiger partial charge in [-0.2, -0.15) is 0 Å². The average Bonchev–Trinajstić information content (AvgIpc) is 1.60. The Balaban J connectivity index is 3.98. The molecule has 1 amide bonds. The van der Waals surface area contributed by atoms with Crippen molar-refractivity contribution >= 4 is 13.5 Å². The molecule has 0 fully saturated rings. The van der Waals surface area contributed by atoms with E-state index in [9.17, 15) is 9.36 Å². The highest BCUT2D eigenvalue weighted by atomic mass is 31.2. The third-order valence-corrected chi connectivity index (χ3v) is 1.89. The van der Waals surface area contributed by atoms with Crippen LogP contribution in [0, 0.1) is 0 Å². The van der Waals surface area contributed by atoms with Gasteiger partial charge in [0.15, 0.2) is 0 Å². The second-order valence-electron chi connectivity index (χ2n) is 1.83.